The zero-order valence-corrected chi connectivity index (χ0v) is 13.9. The quantitative estimate of drug-likeness (QED) is 0.668. The first-order valence-electron chi connectivity index (χ1n) is 7.28. The Kier molecular flexibility index (Phi) is 7.79. The Balaban J connectivity index is 4.62. The molecule has 2 atom stereocenters. The Morgan fingerprint density at radius 2 is 1.75 bits per heavy atom. The van der Waals surface area contributed by atoms with Crippen molar-refractivity contribution >= 4 is 11.9 Å². The topological polar surface area (TPSA) is 67.4 Å². The van der Waals surface area contributed by atoms with E-state index in [9.17, 15) is 9.59 Å². The summed E-state index contributed by atoms with van der Waals surface area (Å²) >= 11 is 0. The highest BCUT2D eigenvalue weighted by Crippen LogP contribution is 2.09. The molecule has 5 nitrogen and oxygen atoms in total. The van der Waals surface area contributed by atoms with Crippen LogP contribution in [0.1, 0.15) is 54.4 Å². The average Bonchev–Trinajstić information content (AvgIpc) is 2.35. The summed E-state index contributed by atoms with van der Waals surface area (Å²) < 4.78 is 4.78. The fourth-order valence-corrected chi connectivity index (χ4v) is 1.75. The van der Waals surface area contributed by atoms with Gasteiger partial charge in [0.1, 0.15) is 6.04 Å². The summed E-state index contributed by atoms with van der Waals surface area (Å²) in [5, 5.41) is 6.03. The Bertz CT molecular complexity index is 327. The molecule has 0 aliphatic rings. The minimum absolute atomic E-state index is 0.102. The zero-order chi connectivity index (χ0) is 15.9. The predicted molar refractivity (Wildman–Crippen MR) is 80.4 cm³/mol. The first-order valence-corrected chi connectivity index (χ1v) is 7.28. The maximum atomic E-state index is 12.1. The van der Waals surface area contributed by atoms with Crippen LogP contribution in [0.15, 0.2) is 0 Å². The minimum atomic E-state index is -0.453. The van der Waals surface area contributed by atoms with E-state index < -0.39 is 12.1 Å². The second-order valence-electron chi connectivity index (χ2n) is 6.32. The SMILES string of the molecule is CCC(C)(C)NC(=O)C(C)NC(CC(C)C)C(=O)OC. The van der Waals surface area contributed by atoms with Crippen molar-refractivity contribution in [3.63, 3.8) is 0 Å². The summed E-state index contributed by atoms with van der Waals surface area (Å²) in [5.41, 5.74) is -0.244. The number of ether oxygens (including phenoxy) is 1. The molecule has 0 aromatic heterocycles. The maximum absolute atomic E-state index is 12.1. The number of nitrogens with one attached hydrogen (secondary N) is 2. The third-order valence-corrected chi connectivity index (χ3v) is 3.38. The minimum Gasteiger partial charge on any atom is -0.468 e. The maximum Gasteiger partial charge on any atom is 0.322 e. The molecule has 0 rings (SSSR count). The van der Waals surface area contributed by atoms with Crippen molar-refractivity contribution in [3.8, 4) is 0 Å². The van der Waals surface area contributed by atoms with Crippen LogP contribution in [-0.4, -0.2) is 36.6 Å². The van der Waals surface area contributed by atoms with Crippen molar-refractivity contribution in [1.82, 2.24) is 10.6 Å². The molecule has 0 saturated carbocycles. The van der Waals surface area contributed by atoms with Crippen molar-refractivity contribution in [2.45, 2.75) is 72.0 Å². The van der Waals surface area contributed by atoms with Gasteiger partial charge >= 0.3 is 5.97 Å². The summed E-state index contributed by atoms with van der Waals surface area (Å²) in [7, 11) is 1.36. The highest BCUT2D eigenvalue weighted by molar-refractivity contribution is 5.83. The number of esters is 1. The molecule has 0 saturated heterocycles. The van der Waals surface area contributed by atoms with E-state index in [1.54, 1.807) is 6.92 Å². The van der Waals surface area contributed by atoms with Crippen LogP contribution in [0.25, 0.3) is 0 Å². The molecule has 2 unspecified atom stereocenters. The van der Waals surface area contributed by atoms with Gasteiger partial charge in [0.2, 0.25) is 5.91 Å². The number of hydrogen-bond acceptors (Lipinski definition) is 4. The zero-order valence-electron chi connectivity index (χ0n) is 13.9. The van der Waals surface area contributed by atoms with Gasteiger partial charge in [0.25, 0.3) is 0 Å². The molecule has 0 radical (unpaired) electrons. The van der Waals surface area contributed by atoms with Gasteiger partial charge in [-0.1, -0.05) is 20.8 Å². The van der Waals surface area contributed by atoms with Gasteiger partial charge in [-0.05, 0) is 39.5 Å². The molecule has 0 bridgehead atoms. The van der Waals surface area contributed by atoms with Gasteiger partial charge in [0.15, 0.2) is 0 Å². The van der Waals surface area contributed by atoms with Gasteiger partial charge in [0, 0.05) is 5.54 Å². The molecule has 5 heteroatoms. The lowest BCUT2D eigenvalue weighted by Gasteiger charge is -2.28. The van der Waals surface area contributed by atoms with Crippen LogP contribution in [0, 0.1) is 5.92 Å². The van der Waals surface area contributed by atoms with E-state index in [-0.39, 0.29) is 17.4 Å². The van der Waals surface area contributed by atoms with E-state index in [2.05, 4.69) is 10.6 Å². The number of methoxy groups -OCH3 is 1. The molecule has 0 fully saturated rings. The molecule has 0 aromatic carbocycles. The van der Waals surface area contributed by atoms with E-state index in [1.807, 2.05) is 34.6 Å². The Morgan fingerprint density at radius 3 is 2.15 bits per heavy atom. The largest absolute Gasteiger partial charge is 0.468 e. The van der Waals surface area contributed by atoms with Crippen molar-refractivity contribution < 1.29 is 14.3 Å². The number of rotatable bonds is 8. The van der Waals surface area contributed by atoms with Crippen LogP contribution in [0.5, 0.6) is 0 Å². The predicted octanol–water partition coefficient (Wildman–Crippen LogP) is 1.86. The molecule has 118 valence electrons. The van der Waals surface area contributed by atoms with Crippen molar-refractivity contribution in [1.29, 1.82) is 0 Å². The van der Waals surface area contributed by atoms with Crippen LogP contribution in [0.3, 0.4) is 0 Å². The molecular formula is C15H30N2O3. The molecule has 0 heterocycles. The van der Waals surface area contributed by atoms with Crippen molar-refractivity contribution in [3.05, 3.63) is 0 Å². The van der Waals surface area contributed by atoms with Crippen LogP contribution < -0.4 is 10.6 Å². The van der Waals surface area contributed by atoms with Crippen LogP contribution in [0.4, 0.5) is 0 Å². The first-order chi connectivity index (χ1) is 9.12. The van der Waals surface area contributed by atoms with Crippen molar-refractivity contribution in [2.24, 2.45) is 5.92 Å². The van der Waals surface area contributed by atoms with E-state index in [1.165, 1.54) is 7.11 Å². The summed E-state index contributed by atoms with van der Waals surface area (Å²) in [6.07, 6.45) is 1.49. The van der Waals surface area contributed by atoms with Crippen molar-refractivity contribution in [2.75, 3.05) is 7.11 Å². The monoisotopic (exact) mass is 286 g/mol. The number of amides is 1. The smallest absolute Gasteiger partial charge is 0.322 e. The lowest BCUT2D eigenvalue weighted by molar-refractivity contribution is -0.144. The third-order valence-electron chi connectivity index (χ3n) is 3.38. The molecule has 0 aromatic rings. The average molecular weight is 286 g/mol. The van der Waals surface area contributed by atoms with Gasteiger partial charge in [-0.15, -0.1) is 0 Å². The number of hydrogen-bond donors (Lipinski definition) is 2. The van der Waals surface area contributed by atoms with Gasteiger partial charge in [-0.3, -0.25) is 14.9 Å². The molecule has 0 spiro atoms. The lowest BCUT2D eigenvalue weighted by Crippen LogP contribution is -2.54. The van der Waals surface area contributed by atoms with E-state index in [4.69, 9.17) is 4.74 Å². The molecule has 0 aliphatic heterocycles. The van der Waals surface area contributed by atoms with Gasteiger partial charge in [-0.25, -0.2) is 0 Å². The van der Waals surface area contributed by atoms with E-state index in [0.29, 0.717) is 12.3 Å². The summed E-state index contributed by atoms with van der Waals surface area (Å²) in [6.45, 7) is 11.8. The van der Waals surface area contributed by atoms with Crippen LogP contribution in [0.2, 0.25) is 0 Å². The van der Waals surface area contributed by atoms with E-state index >= 15 is 0 Å². The summed E-state index contributed by atoms with van der Waals surface area (Å²) in [4.78, 5) is 23.9. The highest BCUT2D eigenvalue weighted by Gasteiger charge is 2.27. The Hall–Kier alpha value is -1.10. The third kappa shape index (κ3) is 6.89. The first kappa shape index (κ1) is 18.9. The molecular weight excluding hydrogens is 256 g/mol. The number of carbonyl (C=O) groups excluding carboxylic acids is 2. The van der Waals surface area contributed by atoms with E-state index in [0.717, 1.165) is 6.42 Å². The highest BCUT2D eigenvalue weighted by atomic mass is 16.5. The fraction of sp³-hybridized carbons (Fsp3) is 0.867. The van der Waals surface area contributed by atoms with Gasteiger partial charge in [-0.2, -0.15) is 0 Å². The Morgan fingerprint density at radius 1 is 1.20 bits per heavy atom. The second kappa shape index (κ2) is 8.25. The molecule has 20 heavy (non-hydrogen) atoms. The molecule has 2 N–H and O–H groups in total. The fourth-order valence-electron chi connectivity index (χ4n) is 1.75. The normalized spacial score (nSPS) is 14.8. The van der Waals surface area contributed by atoms with Gasteiger partial charge < -0.3 is 10.1 Å². The lowest BCUT2D eigenvalue weighted by atomic mass is 10.0. The Labute approximate surface area is 122 Å². The summed E-state index contributed by atoms with van der Waals surface area (Å²) in [5.74, 6) is -0.0865. The molecule has 0 aliphatic carbocycles. The summed E-state index contributed by atoms with van der Waals surface area (Å²) in [6, 6.07) is -0.894. The van der Waals surface area contributed by atoms with Crippen LogP contribution >= 0.6 is 0 Å². The molecule has 1 amide bonds. The number of carbonyl (C=O) groups is 2. The second-order valence-corrected chi connectivity index (χ2v) is 6.32. The standard InChI is InChI=1S/C15H30N2O3/c1-8-15(5,6)17-13(18)11(4)16-12(9-10(2)3)14(19)20-7/h10-12,16H,8-9H2,1-7H3,(H,17,18). The van der Waals surface area contributed by atoms with Crippen LogP contribution in [-0.2, 0) is 14.3 Å². The van der Waals surface area contributed by atoms with Gasteiger partial charge in [0.05, 0.1) is 13.2 Å².